The number of hydrogen-bond acceptors (Lipinski definition) is 6. The molecule has 0 aromatic carbocycles. The normalized spacial score (nSPS) is 12.3. The predicted octanol–water partition coefficient (Wildman–Crippen LogP) is 2.01. The number of rotatable bonds is 7. The van der Waals surface area contributed by atoms with Gasteiger partial charge in [0, 0.05) is 31.3 Å². The van der Waals surface area contributed by atoms with E-state index in [-0.39, 0.29) is 0 Å². The van der Waals surface area contributed by atoms with Gasteiger partial charge >= 0.3 is 0 Å². The molecule has 1 aromatic rings. The summed E-state index contributed by atoms with van der Waals surface area (Å²) in [5, 5.41) is 6.37. The molecule has 0 saturated heterocycles. The maximum atomic E-state index is 11.8. The molecular weight excluding hydrogens is 288 g/mol. The van der Waals surface area contributed by atoms with Crippen molar-refractivity contribution in [2.75, 3.05) is 30.0 Å². The SMILES string of the molecule is CCNc1nc(CC)nc(NCC(C)(C)S(C)(=O)=O)c1C. The van der Waals surface area contributed by atoms with Crippen LogP contribution in [-0.4, -0.2) is 42.5 Å². The van der Waals surface area contributed by atoms with Gasteiger partial charge in [-0.3, -0.25) is 0 Å². The summed E-state index contributed by atoms with van der Waals surface area (Å²) in [7, 11) is -3.14. The number of sulfone groups is 1. The third-order valence-electron chi connectivity index (χ3n) is 3.54. The Kier molecular flexibility index (Phi) is 5.55. The standard InChI is InChI=1S/C14H26N4O2S/c1-7-11-17-12(15-8-2)10(3)13(18-11)16-9-14(4,5)21(6,19)20/h7-9H2,1-6H3,(H2,15,16,17,18). The summed E-state index contributed by atoms with van der Waals surface area (Å²) < 4.78 is 22.7. The summed E-state index contributed by atoms with van der Waals surface area (Å²) in [5.74, 6) is 2.22. The van der Waals surface area contributed by atoms with Crippen LogP contribution in [0.25, 0.3) is 0 Å². The summed E-state index contributed by atoms with van der Waals surface area (Å²) in [6, 6.07) is 0. The number of anilines is 2. The van der Waals surface area contributed by atoms with Crippen molar-refractivity contribution in [3.8, 4) is 0 Å². The summed E-state index contributed by atoms with van der Waals surface area (Å²) >= 11 is 0. The predicted molar refractivity (Wildman–Crippen MR) is 87.7 cm³/mol. The van der Waals surface area contributed by atoms with Crippen LogP contribution in [0.1, 0.15) is 39.1 Å². The monoisotopic (exact) mass is 314 g/mol. The molecule has 1 heterocycles. The van der Waals surface area contributed by atoms with E-state index in [1.807, 2.05) is 20.8 Å². The molecule has 1 rings (SSSR count). The average molecular weight is 314 g/mol. The molecule has 120 valence electrons. The molecule has 0 saturated carbocycles. The molecule has 0 bridgehead atoms. The Morgan fingerprint density at radius 1 is 1.10 bits per heavy atom. The van der Waals surface area contributed by atoms with E-state index >= 15 is 0 Å². The Morgan fingerprint density at radius 2 is 1.62 bits per heavy atom. The second-order valence-corrected chi connectivity index (χ2v) is 8.38. The molecule has 0 fully saturated rings. The summed E-state index contributed by atoms with van der Waals surface area (Å²) in [6.45, 7) is 10.4. The zero-order valence-corrected chi connectivity index (χ0v) is 14.6. The molecule has 6 nitrogen and oxygen atoms in total. The van der Waals surface area contributed by atoms with Gasteiger partial charge in [0.15, 0.2) is 9.84 Å². The second kappa shape index (κ2) is 6.60. The second-order valence-electron chi connectivity index (χ2n) is 5.73. The third kappa shape index (κ3) is 4.30. The molecule has 1 aromatic heterocycles. The highest BCUT2D eigenvalue weighted by Crippen LogP contribution is 2.22. The molecule has 0 atom stereocenters. The number of aryl methyl sites for hydroxylation is 1. The van der Waals surface area contributed by atoms with E-state index in [0.29, 0.717) is 12.4 Å². The van der Waals surface area contributed by atoms with Crippen molar-refractivity contribution < 1.29 is 8.42 Å². The van der Waals surface area contributed by atoms with Crippen LogP contribution in [0.3, 0.4) is 0 Å². The van der Waals surface area contributed by atoms with Gasteiger partial charge in [-0.05, 0) is 27.7 Å². The van der Waals surface area contributed by atoms with Gasteiger partial charge < -0.3 is 10.6 Å². The highest BCUT2D eigenvalue weighted by atomic mass is 32.2. The van der Waals surface area contributed by atoms with Crippen molar-refractivity contribution in [1.29, 1.82) is 0 Å². The molecule has 0 amide bonds. The molecule has 0 aliphatic carbocycles. The van der Waals surface area contributed by atoms with E-state index in [1.165, 1.54) is 6.26 Å². The molecule has 0 aliphatic rings. The lowest BCUT2D eigenvalue weighted by atomic mass is 10.2. The van der Waals surface area contributed by atoms with E-state index in [0.717, 1.165) is 30.2 Å². The highest BCUT2D eigenvalue weighted by molar-refractivity contribution is 7.92. The van der Waals surface area contributed by atoms with Crippen molar-refractivity contribution in [2.45, 2.75) is 45.8 Å². The zero-order chi connectivity index (χ0) is 16.3. The van der Waals surface area contributed by atoms with E-state index < -0.39 is 14.6 Å². The molecule has 0 aliphatic heterocycles. The lowest BCUT2D eigenvalue weighted by Gasteiger charge is -2.24. The smallest absolute Gasteiger partial charge is 0.154 e. The molecule has 2 N–H and O–H groups in total. The molecule has 0 unspecified atom stereocenters. The molecule has 21 heavy (non-hydrogen) atoms. The van der Waals surface area contributed by atoms with Gasteiger partial charge in [-0.15, -0.1) is 0 Å². The summed E-state index contributed by atoms with van der Waals surface area (Å²) in [5.41, 5.74) is 0.901. The fourth-order valence-corrected chi connectivity index (χ4v) is 1.99. The highest BCUT2D eigenvalue weighted by Gasteiger charge is 2.30. The lowest BCUT2D eigenvalue weighted by Crippen LogP contribution is -2.38. The maximum Gasteiger partial charge on any atom is 0.154 e. The van der Waals surface area contributed by atoms with Crippen LogP contribution in [0.15, 0.2) is 0 Å². The Balaban J connectivity index is 3.05. The van der Waals surface area contributed by atoms with Crippen LogP contribution in [0.4, 0.5) is 11.6 Å². The Morgan fingerprint density at radius 3 is 2.05 bits per heavy atom. The molecule has 0 radical (unpaired) electrons. The quantitative estimate of drug-likeness (QED) is 0.801. The number of nitrogens with one attached hydrogen (secondary N) is 2. The minimum atomic E-state index is -3.14. The molecule has 7 heteroatoms. The van der Waals surface area contributed by atoms with Crippen LogP contribution < -0.4 is 10.6 Å². The fourth-order valence-electron chi connectivity index (χ4n) is 1.66. The Hall–Kier alpha value is -1.37. The van der Waals surface area contributed by atoms with Crippen LogP contribution in [0.2, 0.25) is 0 Å². The van der Waals surface area contributed by atoms with Crippen LogP contribution in [0.5, 0.6) is 0 Å². The number of aromatic nitrogens is 2. The van der Waals surface area contributed by atoms with Gasteiger partial charge in [0.05, 0.1) is 4.75 Å². The van der Waals surface area contributed by atoms with Gasteiger partial charge in [-0.2, -0.15) is 0 Å². The molecular formula is C14H26N4O2S. The zero-order valence-electron chi connectivity index (χ0n) is 13.7. The van der Waals surface area contributed by atoms with E-state index in [9.17, 15) is 8.42 Å². The van der Waals surface area contributed by atoms with Crippen LogP contribution in [-0.2, 0) is 16.3 Å². The summed E-state index contributed by atoms with van der Waals surface area (Å²) in [4.78, 5) is 8.92. The Labute approximate surface area is 127 Å². The van der Waals surface area contributed by atoms with E-state index in [4.69, 9.17) is 0 Å². The number of hydrogen-bond donors (Lipinski definition) is 2. The van der Waals surface area contributed by atoms with Gasteiger partial charge in [0.2, 0.25) is 0 Å². The topological polar surface area (TPSA) is 84.0 Å². The van der Waals surface area contributed by atoms with Gasteiger partial charge in [0.25, 0.3) is 0 Å². The van der Waals surface area contributed by atoms with Crippen molar-refractivity contribution in [2.24, 2.45) is 0 Å². The first-order chi connectivity index (χ1) is 9.62. The van der Waals surface area contributed by atoms with Gasteiger partial charge in [0.1, 0.15) is 17.5 Å². The van der Waals surface area contributed by atoms with Crippen LogP contribution >= 0.6 is 0 Å². The van der Waals surface area contributed by atoms with Crippen molar-refractivity contribution >= 4 is 21.5 Å². The van der Waals surface area contributed by atoms with Crippen molar-refractivity contribution in [3.05, 3.63) is 11.4 Å². The first-order valence-electron chi connectivity index (χ1n) is 7.17. The first-order valence-corrected chi connectivity index (χ1v) is 9.06. The van der Waals surface area contributed by atoms with E-state index in [1.54, 1.807) is 13.8 Å². The van der Waals surface area contributed by atoms with Gasteiger partial charge in [-0.1, -0.05) is 6.92 Å². The van der Waals surface area contributed by atoms with Crippen molar-refractivity contribution in [3.63, 3.8) is 0 Å². The largest absolute Gasteiger partial charge is 0.370 e. The third-order valence-corrected chi connectivity index (χ3v) is 5.69. The van der Waals surface area contributed by atoms with Gasteiger partial charge in [-0.25, -0.2) is 18.4 Å². The summed E-state index contributed by atoms with van der Waals surface area (Å²) in [6.07, 6.45) is 1.98. The molecule has 0 spiro atoms. The first kappa shape index (κ1) is 17.7. The minimum Gasteiger partial charge on any atom is -0.370 e. The van der Waals surface area contributed by atoms with E-state index in [2.05, 4.69) is 20.6 Å². The van der Waals surface area contributed by atoms with Crippen LogP contribution in [0, 0.1) is 6.92 Å². The fraction of sp³-hybridized carbons (Fsp3) is 0.714. The lowest BCUT2D eigenvalue weighted by molar-refractivity contribution is 0.559. The minimum absolute atomic E-state index is 0.304. The number of nitrogens with zero attached hydrogens (tertiary/aromatic N) is 2. The average Bonchev–Trinajstić information content (AvgIpc) is 2.38. The van der Waals surface area contributed by atoms with Crippen molar-refractivity contribution in [1.82, 2.24) is 9.97 Å². The maximum absolute atomic E-state index is 11.8. The Bertz CT molecular complexity index is 597.